The molecule has 23 heavy (non-hydrogen) atoms. The van der Waals surface area contributed by atoms with Crippen LogP contribution >= 0.6 is 11.8 Å². The highest BCUT2D eigenvalue weighted by Gasteiger charge is 2.29. The summed E-state index contributed by atoms with van der Waals surface area (Å²) in [6, 6.07) is 8.68. The number of nitrogens with zero attached hydrogens (tertiary/aromatic N) is 1. The molecule has 8 heteroatoms. The Labute approximate surface area is 135 Å². The van der Waals surface area contributed by atoms with E-state index < -0.39 is 5.51 Å². The molecular weight excluding hydrogens is 329 g/mol. The highest BCUT2D eigenvalue weighted by Crippen LogP contribution is 2.36. The number of halogens is 3. The van der Waals surface area contributed by atoms with Crippen molar-refractivity contribution in [3.8, 4) is 5.88 Å². The molecule has 0 bridgehead atoms. The van der Waals surface area contributed by atoms with Crippen LogP contribution in [0.3, 0.4) is 0 Å². The van der Waals surface area contributed by atoms with Crippen molar-refractivity contribution in [2.75, 3.05) is 7.11 Å². The largest absolute Gasteiger partial charge is 0.481 e. The minimum atomic E-state index is -4.34. The summed E-state index contributed by atoms with van der Waals surface area (Å²) in [6.07, 6.45) is 1.57. The number of alkyl halides is 3. The van der Waals surface area contributed by atoms with Crippen molar-refractivity contribution in [1.29, 1.82) is 0 Å². The van der Waals surface area contributed by atoms with Gasteiger partial charge in [-0.1, -0.05) is 6.07 Å². The van der Waals surface area contributed by atoms with E-state index in [9.17, 15) is 18.0 Å². The second-order valence-electron chi connectivity index (χ2n) is 4.46. The number of amides is 1. The number of carbonyl (C=O) groups is 1. The highest BCUT2D eigenvalue weighted by molar-refractivity contribution is 8.00. The summed E-state index contributed by atoms with van der Waals surface area (Å²) in [5, 5.41) is 2.67. The SMILES string of the molecule is COc1ccc(CNC(=O)c2ccc(SC(F)(F)F)cc2)cn1. The summed E-state index contributed by atoms with van der Waals surface area (Å²) in [4.78, 5) is 16.0. The number of ether oxygens (including phenoxy) is 1. The second-order valence-corrected chi connectivity index (χ2v) is 5.60. The number of hydrogen-bond acceptors (Lipinski definition) is 4. The van der Waals surface area contributed by atoms with Crippen molar-refractivity contribution in [2.24, 2.45) is 0 Å². The molecular formula is C15H13F3N2O2S. The first-order chi connectivity index (χ1) is 10.9. The Morgan fingerprint density at radius 2 is 1.91 bits per heavy atom. The monoisotopic (exact) mass is 342 g/mol. The molecule has 122 valence electrons. The number of methoxy groups -OCH3 is 1. The van der Waals surface area contributed by atoms with E-state index in [1.807, 2.05) is 0 Å². The van der Waals surface area contributed by atoms with Gasteiger partial charge in [-0.25, -0.2) is 4.98 Å². The van der Waals surface area contributed by atoms with Gasteiger partial charge in [0, 0.05) is 29.3 Å². The topological polar surface area (TPSA) is 51.2 Å². The van der Waals surface area contributed by atoms with Crippen LogP contribution in [0.5, 0.6) is 5.88 Å². The molecule has 0 saturated heterocycles. The van der Waals surface area contributed by atoms with Crippen LogP contribution in [0, 0.1) is 0 Å². The van der Waals surface area contributed by atoms with Gasteiger partial charge in [-0.3, -0.25) is 4.79 Å². The van der Waals surface area contributed by atoms with Gasteiger partial charge in [0.2, 0.25) is 5.88 Å². The molecule has 2 rings (SSSR count). The number of carbonyl (C=O) groups excluding carboxylic acids is 1. The van der Waals surface area contributed by atoms with Crippen molar-refractivity contribution in [1.82, 2.24) is 10.3 Å². The Hall–Kier alpha value is -2.22. The van der Waals surface area contributed by atoms with Gasteiger partial charge in [0.1, 0.15) is 0 Å². The number of thioether (sulfide) groups is 1. The third-order valence-electron chi connectivity index (χ3n) is 2.81. The van der Waals surface area contributed by atoms with Gasteiger partial charge in [-0.2, -0.15) is 13.2 Å². The van der Waals surface area contributed by atoms with E-state index >= 15 is 0 Å². The van der Waals surface area contributed by atoms with Crippen LogP contribution in [0.25, 0.3) is 0 Å². The third-order valence-corrected chi connectivity index (χ3v) is 3.55. The van der Waals surface area contributed by atoms with Crippen LogP contribution in [0.1, 0.15) is 15.9 Å². The van der Waals surface area contributed by atoms with Gasteiger partial charge in [0.15, 0.2) is 0 Å². The van der Waals surface area contributed by atoms with E-state index in [0.29, 0.717) is 5.88 Å². The lowest BCUT2D eigenvalue weighted by Gasteiger charge is -2.08. The van der Waals surface area contributed by atoms with E-state index in [0.717, 1.165) is 5.56 Å². The van der Waals surface area contributed by atoms with E-state index in [4.69, 9.17) is 4.74 Å². The maximum absolute atomic E-state index is 12.2. The first kappa shape index (κ1) is 17.1. The van der Waals surface area contributed by atoms with Crippen LogP contribution < -0.4 is 10.1 Å². The lowest BCUT2D eigenvalue weighted by Crippen LogP contribution is -2.22. The van der Waals surface area contributed by atoms with Crippen molar-refractivity contribution in [2.45, 2.75) is 16.9 Å². The fraction of sp³-hybridized carbons (Fsp3) is 0.200. The van der Waals surface area contributed by atoms with Gasteiger partial charge < -0.3 is 10.1 Å². The molecule has 0 unspecified atom stereocenters. The quantitative estimate of drug-likeness (QED) is 0.843. The van der Waals surface area contributed by atoms with Gasteiger partial charge in [-0.05, 0) is 41.6 Å². The second kappa shape index (κ2) is 7.36. The number of aromatic nitrogens is 1. The van der Waals surface area contributed by atoms with Crippen LogP contribution in [0.15, 0.2) is 47.5 Å². The average molecular weight is 342 g/mol. The van der Waals surface area contributed by atoms with E-state index in [2.05, 4.69) is 10.3 Å². The summed E-state index contributed by atoms with van der Waals surface area (Å²) in [6.45, 7) is 0.259. The molecule has 4 nitrogen and oxygen atoms in total. The fourth-order valence-corrected chi connectivity index (χ4v) is 2.27. The van der Waals surface area contributed by atoms with Crippen molar-refractivity contribution >= 4 is 17.7 Å². The summed E-state index contributed by atoms with van der Waals surface area (Å²) in [7, 11) is 1.50. The molecule has 1 aromatic carbocycles. The van der Waals surface area contributed by atoms with Crippen LogP contribution in [-0.2, 0) is 6.54 Å². The lowest BCUT2D eigenvalue weighted by molar-refractivity contribution is -0.0328. The van der Waals surface area contributed by atoms with Gasteiger partial charge in [-0.15, -0.1) is 0 Å². The average Bonchev–Trinajstić information content (AvgIpc) is 2.52. The molecule has 0 fully saturated rings. The number of benzene rings is 1. The normalized spacial score (nSPS) is 11.1. The van der Waals surface area contributed by atoms with Crippen LogP contribution in [0.2, 0.25) is 0 Å². The Balaban J connectivity index is 1.92. The van der Waals surface area contributed by atoms with Gasteiger partial charge in [0.25, 0.3) is 5.91 Å². The first-order valence-electron chi connectivity index (χ1n) is 6.50. The summed E-state index contributed by atoms with van der Waals surface area (Å²) < 4.78 is 41.6. The summed E-state index contributed by atoms with van der Waals surface area (Å²) in [5.74, 6) is 0.0993. The number of nitrogens with one attached hydrogen (secondary N) is 1. The summed E-state index contributed by atoms with van der Waals surface area (Å²) in [5.41, 5.74) is -3.27. The van der Waals surface area contributed by atoms with Crippen molar-refractivity contribution in [3.63, 3.8) is 0 Å². The summed E-state index contributed by atoms with van der Waals surface area (Å²) >= 11 is -0.217. The minimum Gasteiger partial charge on any atom is -0.481 e. The fourth-order valence-electron chi connectivity index (χ4n) is 1.73. The Morgan fingerprint density at radius 3 is 2.43 bits per heavy atom. The molecule has 1 amide bonds. The van der Waals surface area contributed by atoms with Gasteiger partial charge >= 0.3 is 5.51 Å². The molecule has 0 atom stereocenters. The van der Waals surface area contributed by atoms with Gasteiger partial charge in [0.05, 0.1) is 7.11 Å². The van der Waals surface area contributed by atoms with Crippen molar-refractivity contribution < 1.29 is 22.7 Å². The number of hydrogen-bond donors (Lipinski definition) is 1. The zero-order valence-corrected chi connectivity index (χ0v) is 12.9. The van der Waals surface area contributed by atoms with Crippen LogP contribution in [0.4, 0.5) is 13.2 Å². The molecule has 2 aromatic rings. The Kier molecular flexibility index (Phi) is 5.49. The number of pyridine rings is 1. The molecule has 0 spiro atoms. The zero-order chi connectivity index (χ0) is 16.9. The standard InChI is InChI=1S/C15H13F3N2O2S/c1-22-13-7-2-10(8-19-13)9-20-14(21)11-3-5-12(6-4-11)23-15(16,17)18/h2-8H,9H2,1H3,(H,20,21). The predicted octanol–water partition coefficient (Wildman–Crippen LogP) is 3.63. The Morgan fingerprint density at radius 1 is 1.22 bits per heavy atom. The number of rotatable bonds is 5. The smallest absolute Gasteiger partial charge is 0.446 e. The Bertz CT molecular complexity index is 658. The molecule has 0 aliphatic carbocycles. The first-order valence-corrected chi connectivity index (χ1v) is 7.32. The molecule has 0 aliphatic heterocycles. The molecule has 1 N–H and O–H groups in total. The maximum Gasteiger partial charge on any atom is 0.446 e. The zero-order valence-electron chi connectivity index (χ0n) is 12.1. The van der Waals surface area contributed by atoms with Crippen LogP contribution in [-0.4, -0.2) is 23.5 Å². The molecule has 0 radical (unpaired) electrons. The lowest BCUT2D eigenvalue weighted by atomic mass is 10.2. The predicted molar refractivity (Wildman–Crippen MR) is 80.3 cm³/mol. The molecule has 0 aliphatic rings. The van der Waals surface area contributed by atoms with E-state index in [1.165, 1.54) is 31.4 Å². The third kappa shape index (κ3) is 5.48. The molecule has 0 saturated carbocycles. The highest BCUT2D eigenvalue weighted by atomic mass is 32.2. The van der Waals surface area contributed by atoms with E-state index in [1.54, 1.807) is 18.3 Å². The molecule has 1 aromatic heterocycles. The maximum atomic E-state index is 12.2. The molecule has 1 heterocycles. The minimum absolute atomic E-state index is 0.0356. The van der Waals surface area contributed by atoms with E-state index in [-0.39, 0.29) is 34.7 Å². The van der Waals surface area contributed by atoms with Crippen molar-refractivity contribution in [3.05, 3.63) is 53.7 Å².